The maximum Gasteiger partial charge on any atom is 0.00711 e. The minimum atomic E-state index is 0.201. The van der Waals surface area contributed by atoms with Crippen LogP contribution in [0.1, 0.15) is 127 Å². The Morgan fingerprint density at radius 3 is 2.33 bits per heavy atom. The number of rotatable bonds is 3. The molecule has 2 unspecified atom stereocenters. The summed E-state index contributed by atoms with van der Waals surface area (Å²) in [5, 5.41) is 6.16. The van der Waals surface area contributed by atoms with Crippen LogP contribution < -0.4 is 10.4 Å². The van der Waals surface area contributed by atoms with Gasteiger partial charge in [-0.1, -0.05) is 96.7 Å². The van der Waals surface area contributed by atoms with Crippen LogP contribution in [-0.4, -0.2) is 0 Å². The average molecular weight is 481 g/mol. The van der Waals surface area contributed by atoms with Crippen molar-refractivity contribution in [1.82, 2.24) is 0 Å². The first kappa shape index (κ1) is 24.5. The summed E-state index contributed by atoms with van der Waals surface area (Å²) in [4.78, 5) is 0. The number of benzene rings is 2. The topological polar surface area (TPSA) is 0 Å². The van der Waals surface area contributed by atoms with Crippen molar-refractivity contribution in [1.29, 1.82) is 0 Å². The largest absolute Gasteiger partial charge is 0.0754 e. The molecule has 3 atom stereocenters. The molecule has 0 amide bonds. The maximum absolute atomic E-state index is 2.63. The average Bonchev–Trinajstić information content (AvgIpc) is 2.87. The number of allylic oxidation sites excluding steroid dienone is 2. The molecule has 6 rings (SSSR count). The minimum Gasteiger partial charge on any atom is -0.0754 e. The third kappa shape index (κ3) is 4.02. The Hall–Kier alpha value is -1.82. The highest BCUT2D eigenvalue weighted by atomic mass is 14.5. The fraction of sp³-hybridized carbons (Fsp3) is 0.611. The second-order valence-electron chi connectivity index (χ2n) is 14.5. The molecule has 0 radical (unpaired) electrons. The van der Waals surface area contributed by atoms with E-state index >= 15 is 0 Å². The van der Waals surface area contributed by atoms with Crippen LogP contribution in [0.25, 0.3) is 22.9 Å². The Kier molecular flexibility index (Phi) is 6.05. The summed E-state index contributed by atoms with van der Waals surface area (Å²) in [6, 6.07) is 7.56. The molecule has 2 aromatic carbocycles. The minimum absolute atomic E-state index is 0.201. The van der Waals surface area contributed by atoms with Gasteiger partial charge in [0, 0.05) is 5.92 Å². The lowest BCUT2D eigenvalue weighted by molar-refractivity contribution is 0.0532. The van der Waals surface area contributed by atoms with Crippen molar-refractivity contribution in [2.45, 2.75) is 118 Å². The highest BCUT2D eigenvalue weighted by molar-refractivity contribution is 5.93. The van der Waals surface area contributed by atoms with Crippen LogP contribution in [0, 0.1) is 29.6 Å². The zero-order chi connectivity index (χ0) is 25.2. The Bertz CT molecular complexity index is 1320. The fourth-order valence-electron chi connectivity index (χ4n) is 8.62. The molecule has 4 aliphatic rings. The zero-order valence-corrected chi connectivity index (χ0v) is 23.8. The first-order valence-corrected chi connectivity index (χ1v) is 15.1. The monoisotopic (exact) mass is 480 g/mol. The van der Waals surface area contributed by atoms with E-state index in [1.54, 1.807) is 21.9 Å². The number of aryl methyl sites for hydroxylation is 1. The van der Waals surface area contributed by atoms with Gasteiger partial charge in [0.15, 0.2) is 0 Å². The first-order chi connectivity index (χ1) is 17.1. The van der Waals surface area contributed by atoms with Crippen LogP contribution in [0.4, 0.5) is 0 Å². The van der Waals surface area contributed by atoms with E-state index in [9.17, 15) is 0 Å². The van der Waals surface area contributed by atoms with Crippen molar-refractivity contribution in [3.63, 3.8) is 0 Å². The fourth-order valence-corrected chi connectivity index (χ4v) is 8.62. The summed E-state index contributed by atoms with van der Waals surface area (Å²) < 4.78 is 0. The molecule has 0 heteroatoms. The summed E-state index contributed by atoms with van der Waals surface area (Å²) in [6.45, 7) is 14.7. The van der Waals surface area contributed by atoms with E-state index in [-0.39, 0.29) is 5.41 Å². The van der Waals surface area contributed by atoms with E-state index in [4.69, 9.17) is 0 Å². The Labute approximate surface area is 220 Å². The van der Waals surface area contributed by atoms with Gasteiger partial charge in [-0.15, -0.1) is 0 Å². The van der Waals surface area contributed by atoms with Crippen molar-refractivity contribution >= 4 is 22.9 Å². The molecular formula is C36H48. The predicted octanol–water partition coefficient (Wildman–Crippen LogP) is 9.06. The number of hydrogen-bond acceptors (Lipinski definition) is 0. The summed E-state index contributed by atoms with van der Waals surface area (Å²) in [6.07, 6.45) is 21.7. The molecule has 2 fully saturated rings. The van der Waals surface area contributed by atoms with Gasteiger partial charge < -0.3 is 0 Å². The van der Waals surface area contributed by atoms with E-state index in [1.165, 1.54) is 79.4 Å². The van der Waals surface area contributed by atoms with Crippen LogP contribution in [0.5, 0.6) is 0 Å². The second kappa shape index (κ2) is 8.89. The lowest BCUT2D eigenvalue weighted by Crippen LogP contribution is -2.36. The molecule has 2 saturated carbocycles. The summed E-state index contributed by atoms with van der Waals surface area (Å²) in [5.41, 5.74) is 6.98. The molecular weight excluding hydrogens is 432 g/mol. The Balaban J connectivity index is 1.42. The van der Waals surface area contributed by atoms with Crippen molar-refractivity contribution in [3.8, 4) is 0 Å². The summed E-state index contributed by atoms with van der Waals surface area (Å²) >= 11 is 0. The van der Waals surface area contributed by atoms with Crippen LogP contribution in [0.3, 0.4) is 0 Å². The molecule has 0 heterocycles. The Morgan fingerprint density at radius 2 is 1.58 bits per heavy atom. The normalized spacial score (nSPS) is 26.8. The van der Waals surface area contributed by atoms with Crippen molar-refractivity contribution in [3.05, 3.63) is 57.0 Å². The van der Waals surface area contributed by atoms with Crippen LogP contribution in [-0.2, 0) is 0 Å². The Morgan fingerprint density at radius 1 is 0.833 bits per heavy atom. The van der Waals surface area contributed by atoms with Gasteiger partial charge >= 0.3 is 0 Å². The lowest BCUT2D eigenvalue weighted by Gasteiger charge is -2.46. The third-order valence-electron chi connectivity index (χ3n) is 11.0. The summed E-state index contributed by atoms with van der Waals surface area (Å²) in [5.74, 6) is 3.05. The predicted molar refractivity (Wildman–Crippen MR) is 157 cm³/mol. The van der Waals surface area contributed by atoms with Crippen LogP contribution in [0.15, 0.2) is 29.8 Å². The van der Waals surface area contributed by atoms with Gasteiger partial charge in [-0.05, 0) is 118 Å². The second-order valence-corrected chi connectivity index (χ2v) is 14.5. The van der Waals surface area contributed by atoms with E-state index in [1.807, 2.05) is 0 Å². The molecule has 0 bridgehead atoms. The molecule has 0 spiro atoms. The number of hydrogen-bond donors (Lipinski definition) is 0. The molecule has 36 heavy (non-hydrogen) atoms. The van der Waals surface area contributed by atoms with Crippen molar-refractivity contribution < 1.29 is 0 Å². The van der Waals surface area contributed by atoms with Gasteiger partial charge in [0.05, 0.1) is 0 Å². The molecule has 0 nitrogen and oxygen atoms in total. The van der Waals surface area contributed by atoms with Gasteiger partial charge in [-0.2, -0.15) is 0 Å². The maximum atomic E-state index is 2.63. The highest BCUT2D eigenvalue weighted by Gasteiger charge is 2.40. The quantitative estimate of drug-likeness (QED) is 0.411. The van der Waals surface area contributed by atoms with Crippen molar-refractivity contribution in [2.75, 3.05) is 0 Å². The lowest BCUT2D eigenvalue weighted by atomic mass is 9.59. The zero-order valence-electron chi connectivity index (χ0n) is 23.8. The standard InChI is InChI=1S/C36H48/c1-23-19-32(24-11-10-14-28(20-24)36(5,6)27-12-8-7-9-13-27)31-18-16-26-22-29(35(2,3)4)21-25-15-17-30(23)34(31)33(25)26/h16-19,21-22,24-25,27-28H,7-15,20H2,1-6H3/t24?,25?,28-/m0/s1. The van der Waals surface area contributed by atoms with Gasteiger partial charge in [0.2, 0.25) is 0 Å². The molecule has 192 valence electrons. The molecule has 0 aromatic heterocycles. The van der Waals surface area contributed by atoms with E-state index in [0.717, 1.165) is 18.3 Å². The molecule has 0 aliphatic heterocycles. The SMILES string of the molecule is Cc1cc(C2CCC[C@H](C(C)(C)C3CCCCC3)C2)c2ccc3c4c2c1=CCC4C=C(C(C)(C)C)C=3. The molecule has 0 saturated heterocycles. The molecule has 2 aromatic rings. The molecule has 4 aliphatic carbocycles. The smallest absolute Gasteiger partial charge is 0.00711 e. The van der Waals surface area contributed by atoms with E-state index in [0.29, 0.717) is 17.3 Å². The van der Waals surface area contributed by atoms with Gasteiger partial charge in [-0.25, -0.2) is 0 Å². The van der Waals surface area contributed by atoms with Crippen molar-refractivity contribution in [2.24, 2.45) is 22.7 Å². The first-order valence-electron chi connectivity index (χ1n) is 15.1. The van der Waals surface area contributed by atoms with E-state index < -0.39 is 0 Å². The van der Waals surface area contributed by atoms with Crippen LogP contribution in [0.2, 0.25) is 0 Å². The van der Waals surface area contributed by atoms with Crippen LogP contribution >= 0.6 is 0 Å². The van der Waals surface area contributed by atoms with Gasteiger partial charge in [0.25, 0.3) is 0 Å². The molecule has 0 N–H and O–H groups in total. The van der Waals surface area contributed by atoms with Gasteiger partial charge in [-0.3, -0.25) is 0 Å². The van der Waals surface area contributed by atoms with Gasteiger partial charge in [0.1, 0.15) is 0 Å². The van der Waals surface area contributed by atoms with E-state index in [2.05, 4.69) is 78.0 Å². The summed E-state index contributed by atoms with van der Waals surface area (Å²) in [7, 11) is 0. The highest BCUT2D eigenvalue weighted by Crippen LogP contribution is 2.52. The third-order valence-corrected chi connectivity index (χ3v) is 11.0.